The number of rotatable bonds is 6. The summed E-state index contributed by atoms with van der Waals surface area (Å²) in [6.07, 6.45) is 13.5. The van der Waals surface area contributed by atoms with Gasteiger partial charge in [-0.3, -0.25) is 4.99 Å². The van der Waals surface area contributed by atoms with Crippen LogP contribution in [0.15, 0.2) is 17.1 Å². The molecule has 5 heteroatoms. The Balaban J connectivity index is 0.00000264. The number of guanidine groups is 1. The van der Waals surface area contributed by atoms with Crippen LogP contribution < -0.4 is 10.6 Å². The van der Waals surface area contributed by atoms with Gasteiger partial charge in [-0.2, -0.15) is 0 Å². The smallest absolute Gasteiger partial charge is 0.191 e. The number of halogens is 1. The van der Waals surface area contributed by atoms with E-state index in [0.717, 1.165) is 31.5 Å². The van der Waals surface area contributed by atoms with Crippen molar-refractivity contribution < 1.29 is 0 Å². The third-order valence-electron chi connectivity index (χ3n) is 4.86. The summed E-state index contributed by atoms with van der Waals surface area (Å²) < 4.78 is 0. The normalized spacial score (nSPS) is 21.6. The van der Waals surface area contributed by atoms with Crippen LogP contribution in [0.1, 0.15) is 58.8 Å². The molecule has 2 rings (SSSR count). The van der Waals surface area contributed by atoms with Crippen LogP contribution in [0.5, 0.6) is 0 Å². The van der Waals surface area contributed by atoms with E-state index < -0.39 is 0 Å². The molecular weight excluding hydrogens is 399 g/mol. The van der Waals surface area contributed by atoms with Crippen LogP contribution in [0.4, 0.5) is 0 Å². The number of allylic oxidation sites excluding steroid dienone is 1. The zero-order valence-electron chi connectivity index (χ0n) is 14.9. The number of hydrogen-bond acceptors (Lipinski definition) is 2. The first-order valence-corrected chi connectivity index (χ1v) is 9.23. The van der Waals surface area contributed by atoms with E-state index in [1.54, 1.807) is 0 Å². The monoisotopic (exact) mass is 434 g/mol. The molecular formula is C18H35IN4. The predicted molar refractivity (Wildman–Crippen MR) is 111 cm³/mol. The Kier molecular flexibility index (Phi) is 10.9. The summed E-state index contributed by atoms with van der Waals surface area (Å²) in [4.78, 5) is 7.39. The lowest BCUT2D eigenvalue weighted by Gasteiger charge is -2.36. The van der Waals surface area contributed by atoms with Crippen LogP contribution >= 0.6 is 24.0 Å². The van der Waals surface area contributed by atoms with Gasteiger partial charge in [0, 0.05) is 38.3 Å². The fourth-order valence-corrected chi connectivity index (χ4v) is 3.61. The second kappa shape index (κ2) is 12.1. The second-order valence-corrected chi connectivity index (χ2v) is 6.51. The summed E-state index contributed by atoms with van der Waals surface area (Å²) in [5, 5.41) is 7.01. The maximum atomic E-state index is 4.67. The number of likely N-dealkylation sites (tertiary alicyclic amines) is 1. The maximum absolute atomic E-state index is 4.67. The van der Waals surface area contributed by atoms with Gasteiger partial charge in [0.05, 0.1) is 0 Å². The minimum Gasteiger partial charge on any atom is -0.357 e. The highest BCUT2D eigenvalue weighted by Gasteiger charge is 2.27. The van der Waals surface area contributed by atoms with Gasteiger partial charge in [0.15, 0.2) is 5.96 Å². The first kappa shape index (κ1) is 20.7. The molecule has 2 aliphatic rings. The molecule has 0 aromatic heterocycles. The molecule has 0 bridgehead atoms. The predicted octanol–water partition coefficient (Wildman–Crippen LogP) is 3.53. The summed E-state index contributed by atoms with van der Waals surface area (Å²) >= 11 is 0. The van der Waals surface area contributed by atoms with E-state index in [0.29, 0.717) is 6.04 Å². The highest BCUT2D eigenvalue weighted by atomic mass is 127. The van der Waals surface area contributed by atoms with E-state index in [4.69, 9.17) is 0 Å². The van der Waals surface area contributed by atoms with Gasteiger partial charge in [-0.05, 0) is 46.0 Å². The van der Waals surface area contributed by atoms with Gasteiger partial charge in [-0.25, -0.2) is 0 Å². The summed E-state index contributed by atoms with van der Waals surface area (Å²) in [6, 6.07) is 1.46. The molecule has 1 saturated carbocycles. The van der Waals surface area contributed by atoms with Crippen molar-refractivity contribution in [2.45, 2.75) is 70.9 Å². The van der Waals surface area contributed by atoms with Crippen molar-refractivity contribution >= 4 is 29.9 Å². The molecule has 1 aliphatic heterocycles. The Hall–Kier alpha value is -0.300. The van der Waals surface area contributed by atoms with Gasteiger partial charge in [0.25, 0.3) is 0 Å². The summed E-state index contributed by atoms with van der Waals surface area (Å²) in [7, 11) is 0. The van der Waals surface area contributed by atoms with Crippen LogP contribution in [-0.4, -0.2) is 49.1 Å². The third-order valence-corrected chi connectivity index (χ3v) is 4.86. The molecule has 23 heavy (non-hydrogen) atoms. The Labute approximate surface area is 159 Å². The molecule has 0 radical (unpaired) electrons. The molecule has 0 spiro atoms. The molecule has 1 aliphatic carbocycles. The molecule has 0 amide bonds. The summed E-state index contributed by atoms with van der Waals surface area (Å²) in [5.74, 6) is 0.992. The maximum Gasteiger partial charge on any atom is 0.191 e. The van der Waals surface area contributed by atoms with Gasteiger partial charge in [-0.1, -0.05) is 25.0 Å². The zero-order valence-corrected chi connectivity index (χ0v) is 17.2. The number of piperidine rings is 1. The third kappa shape index (κ3) is 7.42. The van der Waals surface area contributed by atoms with Crippen molar-refractivity contribution in [3.63, 3.8) is 0 Å². The van der Waals surface area contributed by atoms with Gasteiger partial charge >= 0.3 is 0 Å². The standard InChI is InChI=1S/C18H34N4.HI/c1-3-5-8-13-20-18(19-4-2)21-16-11-14-22(15-12-16)17-9-6-7-10-17;/h3,5,16-17H,4,6-15H2,1-2H3,(H2,19,20,21);1H. The molecule has 0 aromatic carbocycles. The lowest BCUT2D eigenvalue weighted by atomic mass is 10.0. The lowest BCUT2D eigenvalue weighted by Crippen LogP contribution is -2.50. The van der Waals surface area contributed by atoms with E-state index in [-0.39, 0.29) is 24.0 Å². The molecule has 1 heterocycles. The van der Waals surface area contributed by atoms with E-state index in [1.165, 1.54) is 51.6 Å². The quantitative estimate of drug-likeness (QED) is 0.221. The van der Waals surface area contributed by atoms with E-state index >= 15 is 0 Å². The Morgan fingerprint density at radius 2 is 1.87 bits per heavy atom. The molecule has 0 atom stereocenters. The van der Waals surface area contributed by atoms with Crippen molar-refractivity contribution in [3.05, 3.63) is 12.2 Å². The number of nitrogens with zero attached hydrogens (tertiary/aromatic N) is 2. The minimum absolute atomic E-state index is 0. The topological polar surface area (TPSA) is 39.7 Å². The highest BCUT2D eigenvalue weighted by molar-refractivity contribution is 14.0. The number of nitrogens with one attached hydrogen (secondary N) is 2. The van der Waals surface area contributed by atoms with Crippen molar-refractivity contribution in [1.82, 2.24) is 15.5 Å². The van der Waals surface area contributed by atoms with Crippen molar-refractivity contribution in [2.24, 2.45) is 4.99 Å². The van der Waals surface area contributed by atoms with Gasteiger partial charge < -0.3 is 15.5 Å². The molecule has 2 N–H and O–H groups in total. The zero-order chi connectivity index (χ0) is 15.6. The fraction of sp³-hybridized carbons (Fsp3) is 0.833. The fourth-order valence-electron chi connectivity index (χ4n) is 3.61. The van der Waals surface area contributed by atoms with Gasteiger partial charge in [-0.15, -0.1) is 24.0 Å². The molecule has 2 fully saturated rings. The summed E-state index contributed by atoms with van der Waals surface area (Å²) in [6.45, 7) is 8.48. The van der Waals surface area contributed by atoms with Crippen LogP contribution in [0.25, 0.3) is 0 Å². The van der Waals surface area contributed by atoms with Crippen molar-refractivity contribution in [1.29, 1.82) is 0 Å². The van der Waals surface area contributed by atoms with Crippen LogP contribution in [0, 0.1) is 0 Å². The Morgan fingerprint density at radius 3 is 2.48 bits per heavy atom. The van der Waals surface area contributed by atoms with Crippen LogP contribution in [0.2, 0.25) is 0 Å². The van der Waals surface area contributed by atoms with E-state index in [1.807, 2.05) is 0 Å². The first-order valence-electron chi connectivity index (χ1n) is 9.23. The molecule has 134 valence electrons. The van der Waals surface area contributed by atoms with Crippen LogP contribution in [0.3, 0.4) is 0 Å². The van der Waals surface area contributed by atoms with Crippen molar-refractivity contribution in [2.75, 3.05) is 26.2 Å². The average molecular weight is 434 g/mol. The second-order valence-electron chi connectivity index (χ2n) is 6.51. The highest BCUT2D eigenvalue weighted by Crippen LogP contribution is 2.26. The van der Waals surface area contributed by atoms with Gasteiger partial charge in [0.2, 0.25) is 0 Å². The van der Waals surface area contributed by atoms with Crippen LogP contribution in [-0.2, 0) is 0 Å². The minimum atomic E-state index is 0. The first-order chi connectivity index (χ1) is 10.8. The largest absolute Gasteiger partial charge is 0.357 e. The Morgan fingerprint density at radius 1 is 1.17 bits per heavy atom. The lowest BCUT2D eigenvalue weighted by molar-refractivity contribution is 0.150. The average Bonchev–Trinajstić information content (AvgIpc) is 3.07. The van der Waals surface area contributed by atoms with Gasteiger partial charge in [0.1, 0.15) is 0 Å². The number of hydrogen-bond donors (Lipinski definition) is 2. The summed E-state index contributed by atoms with van der Waals surface area (Å²) in [5.41, 5.74) is 0. The van der Waals surface area contributed by atoms with Crippen molar-refractivity contribution in [3.8, 4) is 0 Å². The molecule has 1 saturated heterocycles. The SMILES string of the molecule is CC=CCCN=C(NCC)NC1CCN(C2CCCC2)CC1.I. The number of aliphatic imine (C=N–C) groups is 1. The van der Waals surface area contributed by atoms with E-state index in [9.17, 15) is 0 Å². The molecule has 0 aromatic rings. The van der Waals surface area contributed by atoms with E-state index in [2.05, 4.69) is 46.5 Å². The molecule has 4 nitrogen and oxygen atoms in total. The molecule has 0 unspecified atom stereocenters. The Bertz CT molecular complexity index is 356.